The molecule has 26 heavy (non-hydrogen) atoms. The molecule has 0 aliphatic heterocycles. The van der Waals surface area contributed by atoms with Gasteiger partial charge in [-0.05, 0) is 50.2 Å². The second-order valence-electron chi connectivity index (χ2n) is 6.00. The Bertz CT molecular complexity index is 997. The molecule has 0 bridgehead atoms. The largest absolute Gasteiger partial charge is 0.459 e. The number of benzene rings is 2. The predicted molar refractivity (Wildman–Crippen MR) is 96.4 cm³/mol. The first-order chi connectivity index (χ1) is 12.3. The van der Waals surface area contributed by atoms with Gasteiger partial charge in [0.05, 0.1) is 6.04 Å². The average Bonchev–Trinajstić information content (AvgIpc) is 2.91. The van der Waals surface area contributed by atoms with Gasteiger partial charge in [0.1, 0.15) is 17.2 Å². The molecular weight excluding hydrogens is 337 g/mol. The molecule has 3 amide bonds. The van der Waals surface area contributed by atoms with Gasteiger partial charge in [0, 0.05) is 22.2 Å². The highest BCUT2D eigenvalue weighted by Gasteiger charge is 2.19. The summed E-state index contributed by atoms with van der Waals surface area (Å²) in [5, 5.41) is 6.07. The van der Waals surface area contributed by atoms with Gasteiger partial charge in [-0.25, -0.2) is 9.18 Å². The predicted octanol–water partition coefficient (Wildman–Crippen LogP) is 3.86. The van der Waals surface area contributed by atoms with E-state index in [1.165, 1.54) is 18.2 Å². The van der Waals surface area contributed by atoms with E-state index < -0.39 is 18.0 Å². The molecule has 1 atom stereocenters. The molecule has 0 fully saturated rings. The number of urea groups is 1. The minimum Gasteiger partial charge on any atom is -0.459 e. The molecule has 0 unspecified atom stereocenters. The molecule has 6 nitrogen and oxygen atoms in total. The molecule has 4 N–H and O–H groups in total. The topological polar surface area (TPSA) is 97.4 Å². The summed E-state index contributed by atoms with van der Waals surface area (Å²) in [5.74, 6) is -0.375. The minimum absolute atomic E-state index is 0.297. The van der Waals surface area contributed by atoms with Crippen molar-refractivity contribution in [1.82, 2.24) is 5.32 Å². The van der Waals surface area contributed by atoms with Crippen molar-refractivity contribution in [2.45, 2.75) is 19.9 Å². The van der Waals surface area contributed by atoms with Crippen molar-refractivity contribution in [2.75, 3.05) is 5.32 Å². The summed E-state index contributed by atoms with van der Waals surface area (Å²) < 4.78 is 19.2. The normalized spacial score (nSPS) is 12.0. The molecule has 1 heterocycles. The van der Waals surface area contributed by atoms with Crippen LogP contribution in [0.2, 0.25) is 0 Å². The Kier molecular flexibility index (Phi) is 4.62. The van der Waals surface area contributed by atoms with E-state index in [1.807, 2.05) is 6.92 Å². The highest BCUT2D eigenvalue weighted by molar-refractivity contribution is 5.96. The van der Waals surface area contributed by atoms with Crippen LogP contribution in [0.25, 0.3) is 11.0 Å². The van der Waals surface area contributed by atoms with Crippen LogP contribution < -0.4 is 16.4 Å². The van der Waals surface area contributed by atoms with Crippen LogP contribution in [0.15, 0.2) is 46.9 Å². The first-order valence-electron chi connectivity index (χ1n) is 8.01. The Labute approximate surface area is 149 Å². The smallest absolute Gasteiger partial charge is 0.319 e. The number of fused-ring (bicyclic) bond motifs is 1. The first-order valence-corrected chi connectivity index (χ1v) is 8.01. The van der Waals surface area contributed by atoms with Gasteiger partial charge in [0.2, 0.25) is 5.91 Å². The van der Waals surface area contributed by atoms with Crippen molar-refractivity contribution >= 4 is 28.6 Å². The third kappa shape index (κ3) is 3.51. The minimum atomic E-state index is -0.576. The lowest BCUT2D eigenvalue weighted by Gasteiger charge is -2.14. The van der Waals surface area contributed by atoms with Crippen molar-refractivity contribution < 1.29 is 18.4 Å². The van der Waals surface area contributed by atoms with Gasteiger partial charge in [-0.15, -0.1) is 0 Å². The Hall–Kier alpha value is -3.35. The van der Waals surface area contributed by atoms with E-state index in [2.05, 4.69) is 10.6 Å². The number of hydrogen-bond acceptors (Lipinski definition) is 3. The number of furan rings is 1. The molecule has 0 saturated carbocycles. The zero-order valence-electron chi connectivity index (χ0n) is 14.3. The molecule has 1 aromatic heterocycles. The number of halogens is 1. The van der Waals surface area contributed by atoms with Crippen LogP contribution in [0.1, 0.15) is 34.6 Å². The molecule has 3 rings (SSSR count). The van der Waals surface area contributed by atoms with Crippen LogP contribution in [-0.2, 0) is 0 Å². The summed E-state index contributed by atoms with van der Waals surface area (Å²) in [4.78, 5) is 23.4. The van der Waals surface area contributed by atoms with Gasteiger partial charge in [0.15, 0.2) is 0 Å². The van der Waals surface area contributed by atoms with E-state index in [0.717, 1.165) is 5.56 Å². The van der Waals surface area contributed by atoms with Gasteiger partial charge >= 0.3 is 6.03 Å². The number of amides is 3. The van der Waals surface area contributed by atoms with Crippen LogP contribution in [0, 0.1) is 12.7 Å². The summed E-state index contributed by atoms with van der Waals surface area (Å²) in [7, 11) is 0. The second kappa shape index (κ2) is 6.87. The fraction of sp³-hybridized carbons (Fsp3) is 0.158. The lowest BCUT2D eigenvalue weighted by molar-refractivity contribution is 0.1000. The lowest BCUT2D eigenvalue weighted by atomic mass is 10.1. The molecule has 7 heteroatoms. The molecule has 0 aliphatic rings. The Morgan fingerprint density at radius 3 is 2.69 bits per heavy atom. The van der Waals surface area contributed by atoms with Crippen molar-refractivity contribution in [1.29, 1.82) is 0 Å². The quantitative estimate of drug-likeness (QED) is 0.663. The summed E-state index contributed by atoms with van der Waals surface area (Å²) >= 11 is 0. The second-order valence-corrected chi connectivity index (χ2v) is 6.00. The highest BCUT2D eigenvalue weighted by Crippen LogP contribution is 2.29. The lowest BCUT2D eigenvalue weighted by Crippen LogP contribution is -2.31. The van der Waals surface area contributed by atoms with Gasteiger partial charge in [-0.2, -0.15) is 0 Å². The number of primary amides is 1. The summed E-state index contributed by atoms with van der Waals surface area (Å²) in [6.07, 6.45) is 0. The van der Waals surface area contributed by atoms with Crippen LogP contribution in [0.4, 0.5) is 14.9 Å². The number of aryl methyl sites for hydroxylation is 1. The highest BCUT2D eigenvalue weighted by atomic mass is 19.1. The molecule has 0 spiro atoms. The fourth-order valence-electron chi connectivity index (χ4n) is 2.80. The van der Waals surface area contributed by atoms with Gasteiger partial charge in [-0.1, -0.05) is 6.07 Å². The molecular formula is C19H18FN3O3. The van der Waals surface area contributed by atoms with E-state index in [0.29, 0.717) is 28.0 Å². The number of carbonyl (C=O) groups excluding carboxylic acids is 2. The summed E-state index contributed by atoms with van der Waals surface area (Å²) in [6, 6.07) is 9.69. The third-order valence-electron chi connectivity index (χ3n) is 4.08. The SMILES string of the molecule is Cc1c([C@@H](C)NC(=O)Nc2cccc(C(N)=O)c2)oc2ccc(F)cc12. The molecule has 3 aromatic rings. The van der Waals surface area contributed by atoms with Gasteiger partial charge < -0.3 is 20.8 Å². The van der Waals surface area contributed by atoms with E-state index in [-0.39, 0.29) is 5.82 Å². The Balaban J connectivity index is 1.74. The maximum atomic E-state index is 13.4. The van der Waals surface area contributed by atoms with E-state index in [4.69, 9.17) is 10.2 Å². The number of hydrogen-bond donors (Lipinski definition) is 3. The molecule has 134 valence electrons. The summed E-state index contributed by atoms with van der Waals surface area (Å²) in [6.45, 7) is 3.58. The maximum Gasteiger partial charge on any atom is 0.319 e. The van der Waals surface area contributed by atoms with Crippen LogP contribution in [0.5, 0.6) is 0 Å². The first kappa shape index (κ1) is 17.5. The summed E-state index contributed by atoms with van der Waals surface area (Å²) in [5.41, 5.74) is 7.29. The zero-order valence-corrected chi connectivity index (χ0v) is 14.3. The monoisotopic (exact) mass is 355 g/mol. The van der Waals surface area contributed by atoms with Gasteiger partial charge in [-0.3, -0.25) is 4.79 Å². The fourth-order valence-corrected chi connectivity index (χ4v) is 2.80. The number of rotatable bonds is 4. The number of anilines is 1. The molecule has 2 aromatic carbocycles. The van der Waals surface area contributed by atoms with E-state index >= 15 is 0 Å². The van der Waals surface area contributed by atoms with Crippen molar-refractivity contribution in [3.63, 3.8) is 0 Å². The Morgan fingerprint density at radius 2 is 1.96 bits per heavy atom. The van der Waals surface area contributed by atoms with Crippen LogP contribution in [-0.4, -0.2) is 11.9 Å². The van der Waals surface area contributed by atoms with Crippen molar-refractivity contribution in [3.05, 3.63) is 65.2 Å². The zero-order chi connectivity index (χ0) is 18.8. The average molecular weight is 355 g/mol. The van der Waals surface area contributed by atoms with Crippen LogP contribution >= 0.6 is 0 Å². The Morgan fingerprint density at radius 1 is 1.19 bits per heavy atom. The van der Waals surface area contributed by atoms with E-state index in [9.17, 15) is 14.0 Å². The van der Waals surface area contributed by atoms with Crippen molar-refractivity contribution in [3.8, 4) is 0 Å². The third-order valence-corrected chi connectivity index (χ3v) is 4.08. The van der Waals surface area contributed by atoms with Crippen molar-refractivity contribution in [2.24, 2.45) is 5.73 Å². The van der Waals surface area contributed by atoms with Gasteiger partial charge in [0.25, 0.3) is 0 Å². The standard InChI is InChI=1S/C19H18FN3O3/c1-10-15-9-13(20)6-7-16(15)26-17(10)11(2)22-19(25)23-14-5-3-4-12(8-14)18(21)24/h3-9,11H,1-2H3,(H2,21,24)(H2,22,23,25)/t11-/m1/s1. The number of nitrogens with one attached hydrogen (secondary N) is 2. The van der Waals surface area contributed by atoms with E-state index in [1.54, 1.807) is 31.2 Å². The number of carbonyl (C=O) groups is 2. The molecule has 0 aliphatic carbocycles. The van der Waals surface area contributed by atoms with Crippen LogP contribution in [0.3, 0.4) is 0 Å². The molecule has 0 saturated heterocycles. The molecule has 0 radical (unpaired) electrons. The maximum absolute atomic E-state index is 13.4. The number of nitrogens with two attached hydrogens (primary N) is 1.